The maximum Gasteiger partial charge on any atom is 0.242 e. The van der Waals surface area contributed by atoms with Crippen molar-refractivity contribution >= 4 is 21.8 Å². The third-order valence-corrected chi connectivity index (χ3v) is 7.28. The van der Waals surface area contributed by atoms with Crippen molar-refractivity contribution in [1.82, 2.24) is 14.9 Å². The zero-order valence-corrected chi connectivity index (χ0v) is 20.4. The Kier molecular flexibility index (Phi) is 8.79. The maximum atomic E-state index is 13.3. The first-order chi connectivity index (χ1) is 16.2. The van der Waals surface area contributed by atoms with Crippen LogP contribution in [0.5, 0.6) is 0 Å². The molecule has 1 aliphatic carbocycles. The summed E-state index contributed by atoms with van der Waals surface area (Å²) in [5.74, 6) is -0.821. The maximum absolute atomic E-state index is 13.3. The molecule has 2 N–H and O–H groups in total. The monoisotopic (exact) mass is 489 g/mol. The van der Waals surface area contributed by atoms with E-state index in [-0.39, 0.29) is 41.5 Å². The van der Waals surface area contributed by atoms with Crippen LogP contribution in [0.3, 0.4) is 0 Å². The fourth-order valence-corrected chi connectivity index (χ4v) is 4.79. The molecule has 2 aromatic rings. The Labute approximate surface area is 200 Å². The highest BCUT2D eigenvalue weighted by atomic mass is 32.2. The van der Waals surface area contributed by atoms with Gasteiger partial charge in [-0.2, -0.15) is 0 Å². The summed E-state index contributed by atoms with van der Waals surface area (Å²) in [6.07, 6.45) is 3.06. The molecule has 9 heteroatoms. The smallest absolute Gasteiger partial charge is 0.242 e. The molecular weight excluding hydrogens is 457 g/mol. The molecule has 0 heterocycles. The predicted octanol–water partition coefficient (Wildman–Crippen LogP) is 3.14. The average molecular weight is 490 g/mol. The summed E-state index contributed by atoms with van der Waals surface area (Å²) in [6.45, 7) is 4.33. The van der Waals surface area contributed by atoms with Gasteiger partial charge in [0.25, 0.3) is 0 Å². The highest BCUT2D eigenvalue weighted by molar-refractivity contribution is 7.89. The summed E-state index contributed by atoms with van der Waals surface area (Å²) < 4.78 is 40.6. The number of benzene rings is 2. The quantitative estimate of drug-likeness (QED) is 0.479. The van der Waals surface area contributed by atoms with Crippen molar-refractivity contribution in [2.24, 2.45) is 0 Å². The van der Waals surface area contributed by atoms with E-state index in [0.29, 0.717) is 13.0 Å². The van der Waals surface area contributed by atoms with Gasteiger partial charge in [-0.25, -0.2) is 17.5 Å². The number of sulfonamides is 1. The van der Waals surface area contributed by atoms with Crippen LogP contribution in [-0.4, -0.2) is 43.8 Å². The number of rotatable bonds is 12. The van der Waals surface area contributed by atoms with Gasteiger partial charge >= 0.3 is 0 Å². The molecule has 184 valence electrons. The first-order valence-electron chi connectivity index (χ1n) is 11.6. The highest BCUT2D eigenvalue weighted by Gasteiger charge is 2.28. The molecule has 2 amide bonds. The lowest BCUT2D eigenvalue weighted by Gasteiger charge is -2.29. The Balaban J connectivity index is 1.66. The molecule has 1 atom stereocenters. The summed E-state index contributed by atoms with van der Waals surface area (Å²) >= 11 is 0. The van der Waals surface area contributed by atoms with Gasteiger partial charge in [-0.05, 0) is 68.0 Å². The second kappa shape index (κ2) is 11.6. The number of hydrogen-bond donors (Lipinski definition) is 2. The molecule has 1 aliphatic rings. The van der Waals surface area contributed by atoms with E-state index in [1.165, 1.54) is 17.0 Å². The van der Waals surface area contributed by atoms with Crippen molar-refractivity contribution in [1.29, 1.82) is 0 Å². The largest absolute Gasteiger partial charge is 0.354 e. The standard InChI is InChI=1S/C25H32FN3O4S/c1-3-16-27-25(31)18(2)29(17-20-4-9-21(26)10-5-20)24(30)15-8-19-6-13-23(14-7-19)34(32,33)28-22-11-12-22/h4-7,9-10,13-14,18,22,28H,3,8,11-12,15-17H2,1-2H3,(H,27,31)/t18-/m1/s1. The van der Waals surface area contributed by atoms with Crippen LogP contribution in [0.2, 0.25) is 0 Å². The van der Waals surface area contributed by atoms with E-state index in [1.54, 1.807) is 43.3 Å². The molecule has 7 nitrogen and oxygen atoms in total. The van der Waals surface area contributed by atoms with Gasteiger partial charge in [0.15, 0.2) is 0 Å². The van der Waals surface area contributed by atoms with E-state index in [2.05, 4.69) is 10.0 Å². The van der Waals surface area contributed by atoms with Crippen LogP contribution in [-0.2, 0) is 32.6 Å². The van der Waals surface area contributed by atoms with E-state index in [0.717, 1.165) is 30.4 Å². The lowest BCUT2D eigenvalue weighted by molar-refractivity contribution is -0.140. The summed E-state index contributed by atoms with van der Waals surface area (Å²) in [7, 11) is -3.52. The zero-order chi connectivity index (χ0) is 24.7. The topological polar surface area (TPSA) is 95.6 Å². The normalized spacial score (nSPS) is 14.4. The van der Waals surface area contributed by atoms with Crippen molar-refractivity contribution in [3.05, 3.63) is 65.5 Å². The Morgan fingerprint density at radius 2 is 1.68 bits per heavy atom. The van der Waals surface area contributed by atoms with Crippen molar-refractivity contribution in [2.75, 3.05) is 6.54 Å². The predicted molar refractivity (Wildman–Crippen MR) is 128 cm³/mol. The van der Waals surface area contributed by atoms with Gasteiger partial charge in [0.1, 0.15) is 11.9 Å². The number of aryl methyl sites for hydroxylation is 1. The summed E-state index contributed by atoms with van der Waals surface area (Å²) in [5.41, 5.74) is 1.55. The first kappa shape index (κ1) is 25.8. The fraction of sp³-hybridized carbons (Fsp3) is 0.440. The van der Waals surface area contributed by atoms with E-state index >= 15 is 0 Å². The van der Waals surface area contributed by atoms with Crippen molar-refractivity contribution < 1.29 is 22.4 Å². The number of nitrogens with zero attached hydrogens (tertiary/aromatic N) is 1. The number of halogens is 1. The van der Waals surface area contributed by atoms with Crippen molar-refractivity contribution in [3.63, 3.8) is 0 Å². The summed E-state index contributed by atoms with van der Waals surface area (Å²) in [4.78, 5) is 27.4. The molecule has 1 fully saturated rings. The minimum absolute atomic E-state index is 0.0332. The van der Waals surface area contributed by atoms with Crippen LogP contribution in [0.25, 0.3) is 0 Å². The molecule has 3 rings (SSSR count). The zero-order valence-electron chi connectivity index (χ0n) is 19.6. The third kappa shape index (κ3) is 7.36. The number of carbonyl (C=O) groups excluding carboxylic acids is 2. The van der Waals surface area contributed by atoms with E-state index in [1.807, 2.05) is 6.92 Å². The van der Waals surface area contributed by atoms with Gasteiger partial charge in [-0.15, -0.1) is 0 Å². The van der Waals surface area contributed by atoms with E-state index in [9.17, 15) is 22.4 Å². The minimum atomic E-state index is -3.52. The fourth-order valence-electron chi connectivity index (χ4n) is 3.48. The Bertz CT molecular complexity index is 1080. The third-order valence-electron chi connectivity index (χ3n) is 5.74. The Morgan fingerprint density at radius 1 is 1.06 bits per heavy atom. The molecule has 2 aromatic carbocycles. The van der Waals surface area contributed by atoms with Gasteiger partial charge in [0, 0.05) is 25.6 Å². The van der Waals surface area contributed by atoms with Crippen LogP contribution in [0.15, 0.2) is 53.4 Å². The Morgan fingerprint density at radius 3 is 2.26 bits per heavy atom. The summed E-state index contributed by atoms with van der Waals surface area (Å²) in [6, 6.07) is 11.7. The molecule has 1 saturated carbocycles. The molecule has 0 bridgehead atoms. The summed E-state index contributed by atoms with van der Waals surface area (Å²) in [5, 5.41) is 2.82. The van der Waals surface area contributed by atoms with Crippen LogP contribution < -0.4 is 10.0 Å². The van der Waals surface area contributed by atoms with Crippen LogP contribution >= 0.6 is 0 Å². The second-order valence-electron chi connectivity index (χ2n) is 8.65. The highest BCUT2D eigenvalue weighted by Crippen LogP contribution is 2.22. The average Bonchev–Trinajstić information content (AvgIpc) is 3.63. The molecule has 0 radical (unpaired) electrons. The SMILES string of the molecule is CCCNC(=O)[C@@H](C)N(Cc1ccc(F)cc1)C(=O)CCc1ccc(S(=O)(=O)NC2CC2)cc1. The van der Waals surface area contributed by atoms with Crippen LogP contribution in [0, 0.1) is 5.82 Å². The van der Waals surface area contributed by atoms with Gasteiger partial charge in [0.2, 0.25) is 21.8 Å². The molecule has 0 unspecified atom stereocenters. The lowest BCUT2D eigenvalue weighted by Crippen LogP contribution is -2.47. The molecule has 34 heavy (non-hydrogen) atoms. The van der Waals surface area contributed by atoms with Crippen molar-refractivity contribution in [3.8, 4) is 0 Å². The molecule has 0 aromatic heterocycles. The first-order valence-corrected chi connectivity index (χ1v) is 13.1. The van der Waals surface area contributed by atoms with Crippen LogP contribution in [0.1, 0.15) is 50.7 Å². The van der Waals surface area contributed by atoms with Gasteiger partial charge in [0.05, 0.1) is 4.90 Å². The molecular formula is C25H32FN3O4S. The Hall–Kier alpha value is -2.78. The van der Waals surface area contributed by atoms with Gasteiger partial charge in [-0.3, -0.25) is 9.59 Å². The van der Waals surface area contributed by atoms with Crippen molar-refractivity contribution in [2.45, 2.75) is 69.5 Å². The second-order valence-corrected chi connectivity index (χ2v) is 10.4. The lowest BCUT2D eigenvalue weighted by atomic mass is 10.1. The number of nitrogens with one attached hydrogen (secondary N) is 2. The number of hydrogen-bond acceptors (Lipinski definition) is 4. The number of amides is 2. The minimum Gasteiger partial charge on any atom is -0.354 e. The van der Waals surface area contributed by atoms with Crippen LogP contribution in [0.4, 0.5) is 4.39 Å². The molecule has 0 aliphatic heterocycles. The van der Waals surface area contributed by atoms with E-state index in [4.69, 9.17) is 0 Å². The molecule has 0 saturated heterocycles. The van der Waals surface area contributed by atoms with Gasteiger partial charge < -0.3 is 10.2 Å². The van der Waals surface area contributed by atoms with Gasteiger partial charge in [-0.1, -0.05) is 31.2 Å². The molecule has 0 spiro atoms. The van der Waals surface area contributed by atoms with E-state index < -0.39 is 16.1 Å². The number of carbonyl (C=O) groups is 2.